The summed E-state index contributed by atoms with van der Waals surface area (Å²) in [4.78, 5) is 0. The molecule has 106 valence electrons. The molecular weight excluding hydrogens is 250 g/mol. The van der Waals surface area contributed by atoms with Crippen LogP contribution < -0.4 is 0 Å². The van der Waals surface area contributed by atoms with Crippen LogP contribution in [0.25, 0.3) is 0 Å². The molecular formula is C13H25NO3S. The predicted molar refractivity (Wildman–Crippen MR) is 71.8 cm³/mol. The maximum atomic E-state index is 12.4. The fourth-order valence-electron chi connectivity index (χ4n) is 3.17. The summed E-state index contributed by atoms with van der Waals surface area (Å²) in [7, 11) is -3.18. The molecule has 1 saturated carbocycles. The second-order valence-corrected chi connectivity index (χ2v) is 8.23. The van der Waals surface area contributed by atoms with Gasteiger partial charge in [0.25, 0.3) is 0 Å². The highest BCUT2D eigenvalue weighted by Gasteiger charge is 2.35. The number of sulfonamides is 1. The van der Waals surface area contributed by atoms with Crippen LogP contribution in [0.15, 0.2) is 0 Å². The summed E-state index contributed by atoms with van der Waals surface area (Å²) < 4.78 is 26.2. The molecule has 1 heterocycles. The minimum absolute atomic E-state index is 0.266. The van der Waals surface area contributed by atoms with E-state index in [1.165, 1.54) is 10.7 Å². The first-order valence-corrected chi connectivity index (χ1v) is 8.70. The molecule has 18 heavy (non-hydrogen) atoms. The predicted octanol–water partition coefficient (Wildman–Crippen LogP) is 1.74. The molecule has 0 spiro atoms. The third kappa shape index (κ3) is 3.68. The summed E-state index contributed by atoms with van der Waals surface area (Å²) in [6.07, 6.45) is 7.12. The highest BCUT2D eigenvalue weighted by Crippen LogP contribution is 2.28. The molecule has 1 unspecified atom stereocenters. The standard InChI is InChI=1S/C13H25NO3S/c1-13(15)8-5-9-14(11-13)18(16,17)10-12-6-3-2-4-7-12/h12,15H,2-11H2,1H3. The van der Waals surface area contributed by atoms with E-state index in [1.807, 2.05) is 0 Å². The Bertz CT molecular complexity index is 372. The summed E-state index contributed by atoms with van der Waals surface area (Å²) in [5, 5.41) is 10.0. The average Bonchev–Trinajstić information content (AvgIpc) is 2.28. The lowest BCUT2D eigenvalue weighted by molar-refractivity contribution is 0.00928. The first kappa shape index (κ1) is 14.3. The molecule has 0 aromatic heterocycles. The summed E-state index contributed by atoms with van der Waals surface area (Å²) in [6, 6.07) is 0. The molecule has 4 nitrogen and oxygen atoms in total. The fraction of sp³-hybridized carbons (Fsp3) is 1.00. The van der Waals surface area contributed by atoms with Gasteiger partial charge >= 0.3 is 0 Å². The highest BCUT2D eigenvalue weighted by molar-refractivity contribution is 7.89. The third-order valence-electron chi connectivity index (χ3n) is 4.20. The van der Waals surface area contributed by atoms with Gasteiger partial charge in [0.15, 0.2) is 0 Å². The van der Waals surface area contributed by atoms with E-state index < -0.39 is 15.6 Å². The zero-order chi connectivity index (χ0) is 13.2. The van der Waals surface area contributed by atoms with Crippen LogP contribution in [0.1, 0.15) is 51.9 Å². The summed E-state index contributed by atoms with van der Waals surface area (Å²) in [6.45, 7) is 2.57. The molecule has 2 aliphatic rings. The third-order valence-corrected chi connectivity index (χ3v) is 6.20. The van der Waals surface area contributed by atoms with Crippen molar-refractivity contribution in [2.75, 3.05) is 18.8 Å². The Labute approximate surface area is 110 Å². The van der Waals surface area contributed by atoms with E-state index in [9.17, 15) is 13.5 Å². The van der Waals surface area contributed by atoms with Gasteiger partial charge in [-0.15, -0.1) is 0 Å². The monoisotopic (exact) mass is 275 g/mol. The normalized spacial score (nSPS) is 32.6. The van der Waals surface area contributed by atoms with Crippen molar-refractivity contribution < 1.29 is 13.5 Å². The number of hydrogen-bond acceptors (Lipinski definition) is 3. The van der Waals surface area contributed by atoms with E-state index in [0.717, 1.165) is 32.1 Å². The minimum atomic E-state index is -3.18. The molecule has 0 amide bonds. The number of β-amino-alcohol motifs (C(OH)–C–C–N with tert-alkyl or cyclic N) is 1. The van der Waals surface area contributed by atoms with Crippen LogP contribution in [0.2, 0.25) is 0 Å². The van der Waals surface area contributed by atoms with Crippen molar-refractivity contribution in [3.05, 3.63) is 0 Å². The number of piperidine rings is 1. The molecule has 1 aliphatic heterocycles. The van der Waals surface area contributed by atoms with Gasteiger partial charge in [-0.1, -0.05) is 19.3 Å². The lowest BCUT2D eigenvalue weighted by Gasteiger charge is -2.36. The summed E-state index contributed by atoms with van der Waals surface area (Å²) >= 11 is 0. The minimum Gasteiger partial charge on any atom is -0.389 e. The lowest BCUT2D eigenvalue weighted by atomic mass is 9.91. The molecule has 1 N–H and O–H groups in total. The maximum Gasteiger partial charge on any atom is 0.214 e. The summed E-state index contributed by atoms with van der Waals surface area (Å²) in [5.74, 6) is 0.610. The van der Waals surface area contributed by atoms with Crippen LogP contribution in [0.5, 0.6) is 0 Å². The molecule has 5 heteroatoms. The Balaban J connectivity index is 1.97. The van der Waals surface area contributed by atoms with Gasteiger partial charge < -0.3 is 5.11 Å². The number of aliphatic hydroxyl groups is 1. The topological polar surface area (TPSA) is 57.6 Å². The molecule has 2 rings (SSSR count). The van der Waals surface area contributed by atoms with Crippen molar-refractivity contribution in [3.63, 3.8) is 0 Å². The van der Waals surface area contributed by atoms with Crippen molar-refractivity contribution in [1.29, 1.82) is 0 Å². The van der Waals surface area contributed by atoms with Gasteiger partial charge in [0.2, 0.25) is 10.0 Å². The lowest BCUT2D eigenvalue weighted by Crippen LogP contribution is -2.49. The van der Waals surface area contributed by atoms with Gasteiger partial charge in [-0.25, -0.2) is 8.42 Å². The van der Waals surface area contributed by atoms with Gasteiger partial charge in [0, 0.05) is 13.1 Å². The Morgan fingerprint density at radius 3 is 2.50 bits per heavy atom. The van der Waals surface area contributed by atoms with Gasteiger partial charge in [0.05, 0.1) is 11.4 Å². The largest absolute Gasteiger partial charge is 0.389 e. The SMILES string of the molecule is CC1(O)CCCN(S(=O)(=O)CC2CCCCC2)C1. The van der Waals surface area contributed by atoms with Crippen molar-refractivity contribution >= 4 is 10.0 Å². The van der Waals surface area contributed by atoms with Crippen molar-refractivity contribution in [3.8, 4) is 0 Å². The van der Waals surface area contributed by atoms with Crippen LogP contribution in [0.4, 0.5) is 0 Å². The average molecular weight is 275 g/mol. The van der Waals surface area contributed by atoms with Crippen LogP contribution >= 0.6 is 0 Å². The van der Waals surface area contributed by atoms with E-state index in [4.69, 9.17) is 0 Å². The quantitative estimate of drug-likeness (QED) is 0.853. The van der Waals surface area contributed by atoms with E-state index in [2.05, 4.69) is 0 Å². The molecule has 0 bridgehead atoms. The first-order chi connectivity index (χ1) is 8.39. The van der Waals surface area contributed by atoms with E-state index in [1.54, 1.807) is 6.92 Å². The number of nitrogens with zero attached hydrogens (tertiary/aromatic N) is 1. The number of hydrogen-bond donors (Lipinski definition) is 1. The first-order valence-electron chi connectivity index (χ1n) is 7.09. The van der Waals surface area contributed by atoms with Gasteiger partial charge in [-0.05, 0) is 38.5 Å². The molecule has 0 aromatic rings. The molecule has 0 radical (unpaired) electrons. The molecule has 0 aromatic carbocycles. The molecule has 1 saturated heterocycles. The Morgan fingerprint density at radius 1 is 1.22 bits per heavy atom. The second kappa shape index (κ2) is 5.47. The number of rotatable bonds is 3. The van der Waals surface area contributed by atoms with Crippen molar-refractivity contribution in [1.82, 2.24) is 4.31 Å². The Hall–Kier alpha value is -0.130. The Kier molecular flexibility index (Phi) is 4.34. The van der Waals surface area contributed by atoms with Crippen LogP contribution in [-0.4, -0.2) is 42.3 Å². The van der Waals surface area contributed by atoms with Gasteiger partial charge in [-0.3, -0.25) is 0 Å². The summed E-state index contributed by atoms with van der Waals surface area (Å²) in [5.41, 5.74) is -0.849. The van der Waals surface area contributed by atoms with Crippen LogP contribution in [-0.2, 0) is 10.0 Å². The van der Waals surface area contributed by atoms with Crippen LogP contribution in [0.3, 0.4) is 0 Å². The van der Waals surface area contributed by atoms with E-state index in [0.29, 0.717) is 18.9 Å². The zero-order valence-electron chi connectivity index (χ0n) is 11.3. The second-order valence-electron chi connectivity index (χ2n) is 6.22. The van der Waals surface area contributed by atoms with Crippen molar-refractivity contribution in [2.45, 2.75) is 57.5 Å². The molecule has 1 aliphatic carbocycles. The van der Waals surface area contributed by atoms with E-state index >= 15 is 0 Å². The van der Waals surface area contributed by atoms with Crippen LogP contribution in [0, 0.1) is 5.92 Å². The van der Waals surface area contributed by atoms with E-state index in [-0.39, 0.29) is 12.3 Å². The zero-order valence-corrected chi connectivity index (χ0v) is 12.1. The Morgan fingerprint density at radius 2 is 1.89 bits per heavy atom. The maximum absolute atomic E-state index is 12.4. The fourth-order valence-corrected chi connectivity index (χ4v) is 5.19. The van der Waals surface area contributed by atoms with Gasteiger partial charge in [0.1, 0.15) is 0 Å². The molecule has 1 atom stereocenters. The molecule has 2 fully saturated rings. The smallest absolute Gasteiger partial charge is 0.214 e. The van der Waals surface area contributed by atoms with Crippen molar-refractivity contribution in [2.24, 2.45) is 5.92 Å². The highest BCUT2D eigenvalue weighted by atomic mass is 32.2. The van der Waals surface area contributed by atoms with Gasteiger partial charge in [-0.2, -0.15) is 4.31 Å².